The second-order valence-electron chi connectivity index (χ2n) is 12.1. The Morgan fingerprint density at radius 1 is 0.622 bits per heavy atom. The van der Waals surface area contributed by atoms with Crippen LogP contribution in [-0.4, -0.2) is 77.7 Å². The van der Waals surface area contributed by atoms with Gasteiger partial charge in [-0.25, -0.2) is 4.31 Å². The molecule has 262 valence electrons. The van der Waals surface area contributed by atoms with Gasteiger partial charge in [0, 0.05) is 40.8 Å². The summed E-state index contributed by atoms with van der Waals surface area (Å²) in [6.45, 7) is 10.9. The second kappa shape index (κ2) is 25.3. The van der Waals surface area contributed by atoms with Gasteiger partial charge in [-0.1, -0.05) is 104 Å². The zero-order chi connectivity index (χ0) is 33.5. The van der Waals surface area contributed by atoms with Crippen LogP contribution in [-0.2, 0) is 42.9 Å². The highest BCUT2D eigenvalue weighted by Crippen LogP contribution is 2.38. The number of hydrogen-bond donors (Lipinski definition) is 0. The predicted molar refractivity (Wildman–Crippen MR) is 176 cm³/mol. The lowest BCUT2D eigenvalue weighted by atomic mass is 10.1. The first-order valence-electron chi connectivity index (χ1n) is 17.3. The fourth-order valence-electron chi connectivity index (χ4n) is 5.49. The fourth-order valence-corrected chi connectivity index (χ4v) is 6.76. The van der Waals surface area contributed by atoms with Crippen molar-refractivity contribution >= 4 is 35.8 Å². The molecule has 0 unspecified atom stereocenters. The van der Waals surface area contributed by atoms with Crippen molar-refractivity contribution < 1.29 is 42.9 Å². The van der Waals surface area contributed by atoms with E-state index in [1.165, 1.54) is 117 Å². The highest BCUT2D eigenvalue weighted by Gasteiger charge is 2.54. The van der Waals surface area contributed by atoms with Crippen LogP contribution in [0.25, 0.3) is 0 Å². The van der Waals surface area contributed by atoms with Gasteiger partial charge in [-0.15, -0.1) is 0 Å². The van der Waals surface area contributed by atoms with Crippen molar-refractivity contribution in [1.82, 2.24) is 4.31 Å². The van der Waals surface area contributed by atoms with Crippen molar-refractivity contribution in [3.63, 3.8) is 0 Å². The Morgan fingerprint density at radius 3 is 1.49 bits per heavy atom. The minimum Gasteiger partial charge on any atom is -0.462 e. The van der Waals surface area contributed by atoms with Gasteiger partial charge >= 0.3 is 23.9 Å². The molecule has 10 nitrogen and oxygen atoms in total. The normalized spacial score (nSPS) is 20.2. The molecule has 0 spiro atoms. The average Bonchev–Trinajstić information content (AvgIpc) is 3.28. The third kappa shape index (κ3) is 19.4. The van der Waals surface area contributed by atoms with E-state index in [0.29, 0.717) is 0 Å². The third-order valence-electron chi connectivity index (χ3n) is 7.72. The van der Waals surface area contributed by atoms with Crippen molar-refractivity contribution in [3.05, 3.63) is 0 Å². The topological polar surface area (TPSA) is 118 Å². The molecule has 1 fully saturated rings. The number of ether oxygens (including phenoxy) is 5. The van der Waals surface area contributed by atoms with Crippen LogP contribution < -0.4 is 0 Å². The van der Waals surface area contributed by atoms with E-state index in [1.807, 2.05) is 0 Å². The summed E-state index contributed by atoms with van der Waals surface area (Å²) in [5.74, 6) is -2.31. The Balaban J connectivity index is 3.04. The Bertz CT molecular complexity index is 822. The molecule has 1 aliphatic heterocycles. The van der Waals surface area contributed by atoms with Crippen LogP contribution in [0.5, 0.6) is 0 Å². The highest BCUT2D eigenvalue weighted by molar-refractivity contribution is 7.97. The van der Waals surface area contributed by atoms with Crippen LogP contribution in [0.15, 0.2) is 0 Å². The molecule has 1 aliphatic rings. The summed E-state index contributed by atoms with van der Waals surface area (Å²) < 4.78 is 30.6. The Kier molecular flexibility index (Phi) is 23.1. The molecular formula is C34H61NO9S. The molecule has 0 aromatic carbocycles. The van der Waals surface area contributed by atoms with Gasteiger partial charge < -0.3 is 23.7 Å². The van der Waals surface area contributed by atoms with E-state index in [4.69, 9.17) is 23.7 Å². The number of hydrogen-bond acceptors (Lipinski definition) is 11. The molecule has 0 radical (unpaired) electrons. The molecular weight excluding hydrogens is 598 g/mol. The first-order valence-corrected chi connectivity index (χ1v) is 18.1. The SMILES string of the molecule is CCCCCCCCCCN(CCCCCCCCCC)S[C@@H]1O[C@@H]([C@@H](COC(C)=O)OC(C)=O)[C@H](OC(C)=O)[C@H]1OC(C)=O. The standard InChI is InChI=1S/C34H61NO9S/c1-7-9-11-13-15-17-19-21-23-35(24-22-20-18-16-14-12-10-8-2)45-34-33(43-29(6)39)32(42-28(5)38)31(44-34)30(41-27(4)37)25-40-26(3)36/h30-34H,7-25H2,1-6H3/t30-,31+,32+,33-,34+/m1/s1. The molecule has 0 amide bonds. The summed E-state index contributed by atoms with van der Waals surface area (Å²) in [7, 11) is 0. The largest absolute Gasteiger partial charge is 0.462 e. The molecule has 5 atom stereocenters. The Hall–Kier alpha value is -1.85. The first kappa shape index (κ1) is 41.2. The number of carbonyl (C=O) groups is 4. The van der Waals surface area contributed by atoms with Crippen molar-refractivity contribution in [2.24, 2.45) is 0 Å². The van der Waals surface area contributed by atoms with Crippen molar-refractivity contribution in [1.29, 1.82) is 0 Å². The molecule has 0 N–H and O–H groups in total. The van der Waals surface area contributed by atoms with E-state index >= 15 is 0 Å². The second-order valence-corrected chi connectivity index (χ2v) is 13.2. The van der Waals surface area contributed by atoms with Crippen LogP contribution in [0.3, 0.4) is 0 Å². The van der Waals surface area contributed by atoms with Crippen LogP contribution in [0, 0.1) is 0 Å². The number of rotatable bonds is 26. The molecule has 11 heteroatoms. The lowest BCUT2D eigenvalue weighted by Crippen LogP contribution is -2.46. The van der Waals surface area contributed by atoms with Crippen molar-refractivity contribution in [2.75, 3.05) is 19.7 Å². The van der Waals surface area contributed by atoms with E-state index < -0.39 is 53.7 Å². The maximum absolute atomic E-state index is 12.2. The van der Waals surface area contributed by atoms with Gasteiger partial charge in [-0.2, -0.15) is 0 Å². The first-order chi connectivity index (χ1) is 21.6. The molecule has 0 aromatic heterocycles. The minimum absolute atomic E-state index is 0.290. The summed E-state index contributed by atoms with van der Waals surface area (Å²) in [6.07, 6.45) is 15.4. The van der Waals surface area contributed by atoms with Crippen LogP contribution >= 0.6 is 11.9 Å². The van der Waals surface area contributed by atoms with Crippen LogP contribution in [0.1, 0.15) is 144 Å². The number of esters is 4. The molecule has 1 rings (SSSR count). The van der Waals surface area contributed by atoms with E-state index in [9.17, 15) is 19.2 Å². The zero-order valence-electron chi connectivity index (χ0n) is 28.9. The summed E-state index contributed by atoms with van der Waals surface area (Å²) in [6, 6.07) is 0. The van der Waals surface area contributed by atoms with Gasteiger partial charge in [0.25, 0.3) is 0 Å². The van der Waals surface area contributed by atoms with Crippen LogP contribution in [0.2, 0.25) is 0 Å². The summed E-state index contributed by atoms with van der Waals surface area (Å²) in [4.78, 5) is 47.9. The van der Waals surface area contributed by atoms with E-state index in [0.717, 1.165) is 38.8 Å². The third-order valence-corrected chi connectivity index (χ3v) is 8.97. The van der Waals surface area contributed by atoms with Gasteiger partial charge in [0.15, 0.2) is 23.7 Å². The van der Waals surface area contributed by atoms with Crippen LogP contribution in [0.4, 0.5) is 0 Å². The number of carbonyl (C=O) groups excluding carboxylic acids is 4. The average molecular weight is 660 g/mol. The molecule has 1 heterocycles. The fraction of sp³-hybridized carbons (Fsp3) is 0.882. The van der Waals surface area contributed by atoms with Crippen molar-refractivity contribution in [2.45, 2.75) is 174 Å². The van der Waals surface area contributed by atoms with Gasteiger partial charge in [0.2, 0.25) is 0 Å². The molecule has 1 saturated heterocycles. The van der Waals surface area contributed by atoms with E-state index in [-0.39, 0.29) is 6.61 Å². The number of nitrogens with zero attached hydrogens (tertiary/aromatic N) is 1. The summed E-state index contributed by atoms with van der Waals surface area (Å²) in [5.41, 5.74) is -0.721. The molecule has 0 aromatic rings. The quantitative estimate of drug-likeness (QED) is 0.0403. The minimum atomic E-state index is -1.06. The van der Waals surface area contributed by atoms with Crippen molar-refractivity contribution in [3.8, 4) is 0 Å². The summed E-state index contributed by atoms with van der Waals surface area (Å²) >= 11 is 1.44. The monoisotopic (exact) mass is 659 g/mol. The van der Waals surface area contributed by atoms with E-state index in [1.54, 1.807) is 0 Å². The van der Waals surface area contributed by atoms with Gasteiger partial charge in [0.05, 0.1) is 0 Å². The molecule has 0 aliphatic carbocycles. The van der Waals surface area contributed by atoms with Gasteiger partial charge in [0.1, 0.15) is 12.7 Å². The lowest BCUT2D eigenvalue weighted by Gasteiger charge is -2.28. The molecule has 45 heavy (non-hydrogen) atoms. The zero-order valence-corrected chi connectivity index (χ0v) is 29.7. The molecule has 0 bridgehead atoms. The Labute approximate surface area is 276 Å². The maximum atomic E-state index is 12.2. The highest BCUT2D eigenvalue weighted by atomic mass is 32.2. The Morgan fingerprint density at radius 2 is 1.07 bits per heavy atom. The van der Waals surface area contributed by atoms with E-state index in [2.05, 4.69) is 18.2 Å². The molecule has 0 saturated carbocycles. The van der Waals surface area contributed by atoms with Gasteiger partial charge in [-0.3, -0.25) is 19.2 Å². The number of unbranched alkanes of at least 4 members (excludes halogenated alkanes) is 14. The predicted octanol–water partition coefficient (Wildman–Crippen LogP) is 7.30. The summed E-state index contributed by atoms with van der Waals surface area (Å²) in [5, 5.41) is 0. The van der Waals surface area contributed by atoms with Gasteiger partial charge in [-0.05, 0) is 24.8 Å². The lowest BCUT2D eigenvalue weighted by molar-refractivity contribution is -0.176. The smallest absolute Gasteiger partial charge is 0.303 e. The maximum Gasteiger partial charge on any atom is 0.303 e.